The molecule has 7 nitrogen and oxygen atoms in total. The van der Waals surface area contributed by atoms with Crippen molar-refractivity contribution in [3.63, 3.8) is 0 Å². The van der Waals surface area contributed by atoms with E-state index in [1.54, 1.807) is 7.11 Å². The summed E-state index contributed by atoms with van der Waals surface area (Å²) in [5.74, 6) is 0.0668. The molecule has 8 heteroatoms. The van der Waals surface area contributed by atoms with Crippen molar-refractivity contribution >= 4 is 27.7 Å². The molecule has 0 saturated carbocycles. The molecule has 1 aliphatic heterocycles. The van der Waals surface area contributed by atoms with Gasteiger partial charge in [-0.15, -0.1) is 0 Å². The maximum Gasteiger partial charge on any atom is 0.253 e. The standard InChI is InChI=1S/C22H29BrN4O3/c1-15-20(23)16(2)27(25-15)19-7-5-18(6-8-19)22(29)26-12-9-17(10-13-26)21(28)24-11-4-14-30-3/h5-8,17H,4,9-14H2,1-3H3,(H,24,28). The summed E-state index contributed by atoms with van der Waals surface area (Å²) >= 11 is 3.54. The lowest BCUT2D eigenvalue weighted by atomic mass is 9.95. The summed E-state index contributed by atoms with van der Waals surface area (Å²) in [4.78, 5) is 27.0. The Morgan fingerprint density at radius 2 is 1.87 bits per heavy atom. The highest BCUT2D eigenvalue weighted by Gasteiger charge is 2.27. The number of rotatable bonds is 7. The van der Waals surface area contributed by atoms with Crippen LogP contribution in [0.25, 0.3) is 5.69 Å². The summed E-state index contributed by atoms with van der Waals surface area (Å²) < 4.78 is 7.85. The largest absolute Gasteiger partial charge is 0.385 e. The molecule has 2 aromatic rings. The van der Waals surface area contributed by atoms with Crippen LogP contribution in [0.2, 0.25) is 0 Å². The maximum atomic E-state index is 12.9. The molecule has 3 rings (SSSR count). The Kier molecular flexibility index (Phi) is 7.66. The summed E-state index contributed by atoms with van der Waals surface area (Å²) in [6.45, 7) is 6.42. The monoisotopic (exact) mass is 476 g/mol. The van der Waals surface area contributed by atoms with Gasteiger partial charge in [0.15, 0.2) is 0 Å². The number of nitrogens with zero attached hydrogens (tertiary/aromatic N) is 3. The number of aryl methyl sites for hydroxylation is 1. The summed E-state index contributed by atoms with van der Waals surface area (Å²) in [6.07, 6.45) is 2.20. The van der Waals surface area contributed by atoms with Crippen molar-refractivity contribution in [3.8, 4) is 5.69 Å². The number of likely N-dealkylation sites (tertiary alicyclic amines) is 1. The first-order chi connectivity index (χ1) is 14.4. The predicted molar refractivity (Wildman–Crippen MR) is 119 cm³/mol. The third-order valence-electron chi connectivity index (χ3n) is 5.54. The van der Waals surface area contributed by atoms with Crippen molar-refractivity contribution in [2.24, 2.45) is 5.92 Å². The zero-order chi connectivity index (χ0) is 21.7. The van der Waals surface area contributed by atoms with Crippen molar-refractivity contribution in [3.05, 3.63) is 45.7 Å². The summed E-state index contributed by atoms with van der Waals surface area (Å²) in [5, 5.41) is 7.49. The van der Waals surface area contributed by atoms with Crippen LogP contribution in [0.4, 0.5) is 0 Å². The van der Waals surface area contributed by atoms with Gasteiger partial charge in [0.1, 0.15) is 0 Å². The van der Waals surface area contributed by atoms with Gasteiger partial charge in [-0.2, -0.15) is 5.10 Å². The lowest BCUT2D eigenvalue weighted by Gasteiger charge is -2.31. The highest BCUT2D eigenvalue weighted by atomic mass is 79.9. The zero-order valence-electron chi connectivity index (χ0n) is 17.8. The summed E-state index contributed by atoms with van der Waals surface area (Å²) in [6, 6.07) is 7.52. The molecule has 0 bridgehead atoms. The highest BCUT2D eigenvalue weighted by Crippen LogP contribution is 2.24. The molecule has 0 unspecified atom stereocenters. The Morgan fingerprint density at radius 1 is 1.20 bits per heavy atom. The molecule has 2 amide bonds. The normalized spacial score (nSPS) is 14.7. The first kappa shape index (κ1) is 22.5. The quantitative estimate of drug-likeness (QED) is 0.622. The van der Waals surface area contributed by atoms with E-state index in [2.05, 4.69) is 26.3 Å². The van der Waals surface area contributed by atoms with Gasteiger partial charge >= 0.3 is 0 Å². The van der Waals surface area contributed by atoms with Crippen LogP contribution >= 0.6 is 15.9 Å². The average molecular weight is 477 g/mol. The first-order valence-electron chi connectivity index (χ1n) is 10.3. The van der Waals surface area contributed by atoms with Crippen molar-refractivity contribution in [1.29, 1.82) is 0 Å². The van der Waals surface area contributed by atoms with E-state index in [1.165, 1.54) is 0 Å². The highest BCUT2D eigenvalue weighted by molar-refractivity contribution is 9.10. The number of hydrogen-bond donors (Lipinski definition) is 1. The second kappa shape index (κ2) is 10.2. The molecule has 1 saturated heterocycles. The van der Waals surface area contributed by atoms with E-state index in [1.807, 2.05) is 47.7 Å². The smallest absolute Gasteiger partial charge is 0.253 e. The molecule has 162 valence electrons. The van der Waals surface area contributed by atoms with E-state index in [0.29, 0.717) is 44.6 Å². The minimum atomic E-state index is -0.0246. The van der Waals surface area contributed by atoms with Gasteiger partial charge in [-0.05, 0) is 73.3 Å². The third-order valence-corrected chi connectivity index (χ3v) is 6.69. The third kappa shape index (κ3) is 5.10. The van der Waals surface area contributed by atoms with Crippen LogP contribution in [0, 0.1) is 19.8 Å². The van der Waals surface area contributed by atoms with Gasteiger partial charge in [0.05, 0.1) is 21.5 Å². The molecule has 0 atom stereocenters. The van der Waals surface area contributed by atoms with E-state index in [-0.39, 0.29) is 17.7 Å². The van der Waals surface area contributed by atoms with Gasteiger partial charge in [-0.3, -0.25) is 9.59 Å². The van der Waals surface area contributed by atoms with E-state index >= 15 is 0 Å². The molecule has 2 heterocycles. The van der Waals surface area contributed by atoms with Crippen LogP contribution in [-0.4, -0.2) is 59.8 Å². The van der Waals surface area contributed by atoms with Crippen LogP contribution < -0.4 is 5.32 Å². The number of piperidine rings is 1. The topological polar surface area (TPSA) is 76.5 Å². The van der Waals surface area contributed by atoms with E-state index in [9.17, 15) is 9.59 Å². The number of benzene rings is 1. The molecular formula is C22H29BrN4O3. The number of methoxy groups -OCH3 is 1. The van der Waals surface area contributed by atoms with Crippen molar-refractivity contribution in [2.75, 3.05) is 33.4 Å². The Balaban J connectivity index is 1.55. The van der Waals surface area contributed by atoms with E-state index in [0.717, 1.165) is 28.0 Å². The molecule has 1 aromatic carbocycles. The molecular weight excluding hydrogens is 448 g/mol. The molecule has 30 heavy (non-hydrogen) atoms. The number of carbonyl (C=O) groups is 2. The van der Waals surface area contributed by atoms with Crippen LogP contribution in [0.3, 0.4) is 0 Å². The van der Waals surface area contributed by atoms with E-state index < -0.39 is 0 Å². The number of aromatic nitrogens is 2. The fourth-order valence-electron chi connectivity index (χ4n) is 3.72. The fourth-order valence-corrected chi connectivity index (χ4v) is 3.97. The molecule has 0 radical (unpaired) electrons. The molecule has 0 spiro atoms. The molecule has 0 aliphatic carbocycles. The number of ether oxygens (including phenoxy) is 1. The SMILES string of the molecule is COCCCNC(=O)C1CCN(C(=O)c2ccc(-n3nc(C)c(Br)c3C)cc2)CC1. The molecule has 1 aromatic heterocycles. The van der Waals surface area contributed by atoms with Gasteiger partial charge < -0.3 is 15.0 Å². The van der Waals surface area contributed by atoms with Crippen molar-refractivity contribution < 1.29 is 14.3 Å². The number of halogens is 1. The molecule has 1 N–H and O–H groups in total. The maximum absolute atomic E-state index is 12.9. The second-order valence-electron chi connectivity index (χ2n) is 7.65. The Hall–Kier alpha value is -2.19. The Morgan fingerprint density at radius 3 is 2.43 bits per heavy atom. The lowest BCUT2D eigenvalue weighted by molar-refractivity contribution is -0.126. The minimum Gasteiger partial charge on any atom is -0.385 e. The fraction of sp³-hybridized carbons (Fsp3) is 0.500. The minimum absolute atomic E-state index is 0.00931. The lowest BCUT2D eigenvalue weighted by Crippen LogP contribution is -2.43. The van der Waals surface area contributed by atoms with Gasteiger partial charge in [0.2, 0.25) is 5.91 Å². The first-order valence-corrected chi connectivity index (χ1v) is 11.1. The molecule has 1 fully saturated rings. The van der Waals surface area contributed by atoms with Crippen molar-refractivity contribution in [1.82, 2.24) is 20.0 Å². The van der Waals surface area contributed by atoms with Gasteiger partial charge in [-0.1, -0.05) is 0 Å². The van der Waals surface area contributed by atoms with Crippen LogP contribution in [0.15, 0.2) is 28.7 Å². The van der Waals surface area contributed by atoms with Crippen molar-refractivity contribution in [2.45, 2.75) is 33.1 Å². The molecule has 1 aliphatic rings. The summed E-state index contributed by atoms with van der Waals surface area (Å²) in [7, 11) is 1.65. The van der Waals surface area contributed by atoms with Gasteiger partial charge in [0, 0.05) is 44.8 Å². The Labute approximate surface area is 185 Å². The van der Waals surface area contributed by atoms with Crippen LogP contribution in [0.1, 0.15) is 41.0 Å². The van der Waals surface area contributed by atoms with E-state index in [4.69, 9.17) is 4.74 Å². The average Bonchev–Trinajstić information content (AvgIpc) is 3.03. The number of nitrogens with one attached hydrogen (secondary N) is 1. The number of carbonyl (C=O) groups excluding carboxylic acids is 2. The van der Waals surface area contributed by atoms with Gasteiger partial charge in [0.25, 0.3) is 5.91 Å². The second-order valence-corrected chi connectivity index (χ2v) is 8.44. The number of hydrogen-bond acceptors (Lipinski definition) is 4. The van der Waals surface area contributed by atoms with Gasteiger partial charge in [-0.25, -0.2) is 4.68 Å². The zero-order valence-corrected chi connectivity index (χ0v) is 19.4. The van der Waals surface area contributed by atoms with Crippen LogP contribution in [-0.2, 0) is 9.53 Å². The predicted octanol–water partition coefficient (Wildman–Crippen LogP) is 3.26. The summed E-state index contributed by atoms with van der Waals surface area (Å²) in [5.41, 5.74) is 3.52. The number of amides is 2. The van der Waals surface area contributed by atoms with Crippen LogP contribution in [0.5, 0.6) is 0 Å². The Bertz CT molecular complexity index is 887.